The molecule has 3 rings (SSSR count). The summed E-state index contributed by atoms with van der Waals surface area (Å²) in [5.41, 5.74) is 3.95. The van der Waals surface area contributed by atoms with Crippen molar-refractivity contribution in [2.24, 2.45) is 0 Å². The van der Waals surface area contributed by atoms with E-state index in [1.54, 1.807) is 0 Å². The van der Waals surface area contributed by atoms with E-state index in [0.29, 0.717) is 5.91 Å². The molecule has 3 heteroatoms. The first-order chi connectivity index (χ1) is 8.34. The molecule has 0 aromatic heterocycles. The number of benzene rings is 1. The molecule has 0 aliphatic carbocycles. The Morgan fingerprint density at radius 2 is 2.18 bits per heavy atom. The fourth-order valence-corrected chi connectivity index (χ4v) is 2.79. The van der Waals surface area contributed by atoms with Gasteiger partial charge in [0, 0.05) is 31.7 Å². The van der Waals surface area contributed by atoms with E-state index in [0.717, 1.165) is 38.9 Å². The molecule has 1 aromatic carbocycles. The van der Waals surface area contributed by atoms with Crippen LogP contribution in [0.2, 0.25) is 0 Å². The number of amides is 1. The van der Waals surface area contributed by atoms with E-state index in [2.05, 4.69) is 23.5 Å². The van der Waals surface area contributed by atoms with Crippen molar-refractivity contribution >= 4 is 11.6 Å². The predicted octanol–water partition coefficient (Wildman–Crippen LogP) is 2.17. The third kappa shape index (κ3) is 2.02. The Morgan fingerprint density at radius 3 is 3.00 bits per heavy atom. The van der Waals surface area contributed by atoms with Crippen molar-refractivity contribution in [3.8, 4) is 0 Å². The number of carbonyl (C=O) groups is 1. The number of hydrogen-bond acceptors (Lipinski definition) is 2. The molecule has 1 saturated heterocycles. The van der Waals surface area contributed by atoms with Gasteiger partial charge in [0.25, 0.3) is 0 Å². The number of fused-ring (bicyclic) bond motifs is 1. The summed E-state index contributed by atoms with van der Waals surface area (Å²) >= 11 is 0. The zero-order valence-corrected chi connectivity index (χ0v) is 10.0. The Kier molecular flexibility index (Phi) is 2.75. The minimum atomic E-state index is 0.304. The van der Waals surface area contributed by atoms with E-state index >= 15 is 0 Å². The maximum Gasteiger partial charge on any atom is 0.222 e. The molecule has 1 aromatic rings. The van der Waals surface area contributed by atoms with Gasteiger partial charge in [-0.25, -0.2) is 0 Å². The van der Waals surface area contributed by atoms with Crippen LogP contribution in [0.1, 0.15) is 30.4 Å². The predicted molar refractivity (Wildman–Crippen MR) is 67.9 cm³/mol. The number of nitrogens with one attached hydrogen (secondary N) is 1. The second-order valence-corrected chi connectivity index (χ2v) is 4.90. The molecule has 2 heterocycles. The van der Waals surface area contributed by atoms with Crippen LogP contribution in [0, 0.1) is 0 Å². The van der Waals surface area contributed by atoms with Crippen molar-refractivity contribution in [2.45, 2.75) is 32.2 Å². The molecule has 1 amide bonds. The van der Waals surface area contributed by atoms with Crippen LogP contribution >= 0.6 is 0 Å². The largest absolute Gasteiger partial charge is 0.385 e. The van der Waals surface area contributed by atoms with E-state index in [9.17, 15) is 4.79 Å². The van der Waals surface area contributed by atoms with E-state index in [-0.39, 0.29) is 0 Å². The SMILES string of the molecule is O=C1CCCN1Cc1cccc2c1NCCC2. The van der Waals surface area contributed by atoms with E-state index in [4.69, 9.17) is 0 Å². The first kappa shape index (κ1) is 10.6. The summed E-state index contributed by atoms with van der Waals surface area (Å²) in [5, 5.41) is 3.48. The summed E-state index contributed by atoms with van der Waals surface area (Å²) in [6.45, 7) is 2.75. The normalized spacial score (nSPS) is 19.1. The van der Waals surface area contributed by atoms with Gasteiger partial charge in [0.05, 0.1) is 0 Å². The Hall–Kier alpha value is -1.51. The molecule has 3 nitrogen and oxygen atoms in total. The molecule has 1 N–H and O–H groups in total. The van der Waals surface area contributed by atoms with Gasteiger partial charge in [-0.1, -0.05) is 18.2 Å². The summed E-state index contributed by atoms with van der Waals surface area (Å²) in [5.74, 6) is 0.304. The Morgan fingerprint density at radius 1 is 1.24 bits per heavy atom. The summed E-state index contributed by atoms with van der Waals surface area (Å²) in [7, 11) is 0. The lowest BCUT2D eigenvalue weighted by molar-refractivity contribution is -0.128. The molecule has 0 unspecified atom stereocenters. The molecule has 2 aliphatic heterocycles. The summed E-state index contributed by atoms with van der Waals surface area (Å²) in [6.07, 6.45) is 4.10. The fourth-order valence-electron chi connectivity index (χ4n) is 2.79. The van der Waals surface area contributed by atoms with E-state index < -0.39 is 0 Å². The van der Waals surface area contributed by atoms with Gasteiger partial charge in [0.1, 0.15) is 0 Å². The average Bonchev–Trinajstić information content (AvgIpc) is 2.76. The van der Waals surface area contributed by atoms with Crippen molar-refractivity contribution in [1.29, 1.82) is 0 Å². The second kappa shape index (κ2) is 4.40. The third-order valence-electron chi connectivity index (χ3n) is 3.69. The van der Waals surface area contributed by atoms with Crippen LogP contribution < -0.4 is 5.32 Å². The van der Waals surface area contributed by atoms with Gasteiger partial charge in [-0.2, -0.15) is 0 Å². The smallest absolute Gasteiger partial charge is 0.222 e. The molecule has 2 aliphatic rings. The lowest BCUT2D eigenvalue weighted by Gasteiger charge is -2.24. The van der Waals surface area contributed by atoms with Crippen molar-refractivity contribution in [3.05, 3.63) is 29.3 Å². The van der Waals surface area contributed by atoms with Crippen LogP contribution in [0.4, 0.5) is 5.69 Å². The van der Waals surface area contributed by atoms with Crippen molar-refractivity contribution < 1.29 is 4.79 Å². The van der Waals surface area contributed by atoms with Crippen molar-refractivity contribution in [3.63, 3.8) is 0 Å². The van der Waals surface area contributed by atoms with Crippen LogP contribution in [0.25, 0.3) is 0 Å². The van der Waals surface area contributed by atoms with Crippen LogP contribution in [0.5, 0.6) is 0 Å². The summed E-state index contributed by atoms with van der Waals surface area (Å²) in [4.78, 5) is 13.6. The minimum Gasteiger partial charge on any atom is -0.385 e. The maximum atomic E-state index is 11.7. The first-order valence-corrected chi connectivity index (χ1v) is 6.47. The van der Waals surface area contributed by atoms with Gasteiger partial charge in [0.2, 0.25) is 5.91 Å². The van der Waals surface area contributed by atoms with Crippen LogP contribution in [-0.2, 0) is 17.8 Å². The highest BCUT2D eigenvalue weighted by Crippen LogP contribution is 2.28. The topological polar surface area (TPSA) is 32.3 Å². The van der Waals surface area contributed by atoms with Crippen LogP contribution in [0.3, 0.4) is 0 Å². The van der Waals surface area contributed by atoms with Gasteiger partial charge in [-0.3, -0.25) is 4.79 Å². The minimum absolute atomic E-state index is 0.304. The standard InChI is InChI=1S/C14H18N2O/c17-13-7-3-9-16(13)10-12-5-1-4-11-6-2-8-15-14(11)12/h1,4-5,15H,2-3,6-10H2. The van der Waals surface area contributed by atoms with Crippen LogP contribution in [0.15, 0.2) is 18.2 Å². The Bertz CT molecular complexity index is 442. The Balaban J connectivity index is 1.85. The zero-order valence-electron chi connectivity index (χ0n) is 10.0. The molecule has 0 spiro atoms. The van der Waals surface area contributed by atoms with Gasteiger partial charge in [-0.05, 0) is 30.4 Å². The number of rotatable bonds is 2. The zero-order chi connectivity index (χ0) is 11.7. The summed E-state index contributed by atoms with van der Waals surface area (Å²) < 4.78 is 0. The number of likely N-dealkylation sites (tertiary alicyclic amines) is 1. The van der Waals surface area contributed by atoms with Gasteiger partial charge in [-0.15, -0.1) is 0 Å². The monoisotopic (exact) mass is 230 g/mol. The number of aryl methyl sites for hydroxylation is 1. The first-order valence-electron chi connectivity index (χ1n) is 6.47. The third-order valence-corrected chi connectivity index (χ3v) is 3.69. The van der Waals surface area contributed by atoms with Gasteiger partial charge >= 0.3 is 0 Å². The highest BCUT2D eigenvalue weighted by Gasteiger charge is 2.22. The molecule has 0 saturated carbocycles. The quantitative estimate of drug-likeness (QED) is 0.844. The lowest BCUT2D eigenvalue weighted by atomic mass is 9.99. The lowest BCUT2D eigenvalue weighted by Crippen LogP contribution is -2.25. The van der Waals surface area contributed by atoms with Crippen LogP contribution in [-0.4, -0.2) is 23.9 Å². The molecular formula is C14H18N2O. The Labute approximate surface area is 102 Å². The molecule has 1 fully saturated rings. The number of nitrogens with zero attached hydrogens (tertiary/aromatic N) is 1. The molecule has 90 valence electrons. The van der Waals surface area contributed by atoms with Crippen molar-refractivity contribution in [2.75, 3.05) is 18.4 Å². The number of anilines is 1. The van der Waals surface area contributed by atoms with Crippen molar-refractivity contribution in [1.82, 2.24) is 4.90 Å². The number of carbonyl (C=O) groups excluding carboxylic acids is 1. The summed E-state index contributed by atoms with van der Waals surface area (Å²) in [6, 6.07) is 6.45. The van der Waals surface area contributed by atoms with Gasteiger partial charge < -0.3 is 10.2 Å². The molecule has 0 bridgehead atoms. The van der Waals surface area contributed by atoms with E-state index in [1.807, 2.05) is 4.90 Å². The van der Waals surface area contributed by atoms with E-state index in [1.165, 1.54) is 23.2 Å². The highest BCUT2D eigenvalue weighted by molar-refractivity contribution is 5.78. The molecule has 0 radical (unpaired) electrons. The highest BCUT2D eigenvalue weighted by atomic mass is 16.2. The molecular weight excluding hydrogens is 212 g/mol. The maximum absolute atomic E-state index is 11.7. The average molecular weight is 230 g/mol. The fraction of sp³-hybridized carbons (Fsp3) is 0.500. The number of para-hydroxylation sites is 1. The second-order valence-electron chi connectivity index (χ2n) is 4.90. The number of hydrogen-bond donors (Lipinski definition) is 1. The molecule has 0 atom stereocenters. The molecule has 17 heavy (non-hydrogen) atoms. The van der Waals surface area contributed by atoms with Gasteiger partial charge in [0.15, 0.2) is 0 Å².